The number of benzene rings is 3. The van der Waals surface area contributed by atoms with E-state index in [9.17, 15) is 18.0 Å². The Morgan fingerprint density at radius 1 is 0.973 bits per heavy atom. The van der Waals surface area contributed by atoms with Crippen LogP contribution in [0.4, 0.5) is 11.4 Å². The highest BCUT2D eigenvalue weighted by Crippen LogP contribution is 2.22. The topological polar surface area (TPSA) is 126 Å². The number of hydrogen-bond acceptors (Lipinski definition) is 7. The molecule has 0 spiro atoms. The molecule has 2 amide bonds. The van der Waals surface area contributed by atoms with Gasteiger partial charge in [-0.1, -0.05) is 23.8 Å². The summed E-state index contributed by atoms with van der Waals surface area (Å²) >= 11 is 0. The lowest BCUT2D eigenvalue weighted by atomic mass is 10.2. The summed E-state index contributed by atoms with van der Waals surface area (Å²) < 4.78 is 36.0. The number of ether oxygens (including phenoxy) is 2. The van der Waals surface area contributed by atoms with Crippen molar-refractivity contribution in [3.63, 3.8) is 0 Å². The molecule has 3 rings (SSSR count). The average molecular weight is 525 g/mol. The third kappa shape index (κ3) is 8.65. The molecule has 0 saturated heterocycles. The number of methoxy groups -OCH3 is 1. The maximum Gasteiger partial charge on any atom is 0.262 e. The van der Waals surface area contributed by atoms with Gasteiger partial charge < -0.3 is 14.8 Å². The average Bonchev–Trinajstić information content (AvgIpc) is 2.87. The second kappa shape index (κ2) is 12.5. The molecular weight excluding hydrogens is 496 g/mol. The minimum absolute atomic E-state index is 0.151. The van der Waals surface area contributed by atoms with Crippen LogP contribution < -0.4 is 24.5 Å². The fourth-order valence-corrected chi connectivity index (χ4v) is 3.99. The van der Waals surface area contributed by atoms with Crippen LogP contribution in [-0.4, -0.2) is 53.0 Å². The molecule has 0 fully saturated rings. The Bertz CT molecular complexity index is 1360. The van der Waals surface area contributed by atoms with Crippen LogP contribution in [0.3, 0.4) is 0 Å². The lowest BCUT2D eigenvalue weighted by Gasteiger charge is -2.21. The molecule has 0 aromatic heterocycles. The highest BCUT2D eigenvalue weighted by Gasteiger charge is 2.21. The van der Waals surface area contributed by atoms with Crippen molar-refractivity contribution < 1.29 is 27.5 Å². The van der Waals surface area contributed by atoms with Crippen LogP contribution in [0.5, 0.6) is 11.5 Å². The Balaban J connectivity index is 1.50. The SMILES string of the molecule is COc1cccc(N(CC(=O)N/N=C/c2ccc(OCC(=O)Nc3ccc(C)cc3)cc2)S(C)(=O)=O)c1. The predicted molar refractivity (Wildman–Crippen MR) is 143 cm³/mol. The molecule has 3 aromatic rings. The molecule has 0 bridgehead atoms. The Morgan fingerprint density at radius 3 is 2.32 bits per heavy atom. The zero-order valence-electron chi connectivity index (χ0n) is 20.7. The van der Waals surface area contributed by atoms with Crippen molar-refractivity contribution in [1.29, 1.82) is 0 Å². The third-order valence-electron chi connectivity index (χ3n) is 5.02. The van der Waals surface area contributed by atoms with Gasteiger partial charge in [0.1, 0.15) is 18.0 Å². The molecule has 3 aromatic carbocycles. The van der Waals surface area contributed by atoms with Crippen molar-refractivity contribution >= 4 is 39.4 Å². The predicted octanol–water partition coefficient (Wildman–Crippen LogP) is 2.94. The first-order chi connectivity index (χ1) is 17.6. The molecular formula is C26H28N4O6S. The van der Waals surface area contributed by atoms with E-state index in [1.807, 2.05) is 31.2 Å². The van der Waals surface area contributed by atoms with Crippen LogP contribution in [0, 0.1) is 6.92 Å². The number of nitrogens with one attached hydrogen (secondary N) is 2. The first-order valence-electron chi connectivity index (χ1n) is 11.2. The number of aryl methyl sites for hydroxylation is 1. The van der Waals surface area contributed by atoms with Gasteiger partial charge in [-0.3, -0.25) is 13.9 Å². The maximum atomic E-state index is 12.3. The monoisotopic (exact) mass is 524 g/mol. The summed E-state index contributed by atoms with van der Waals surface area (Å²) in [5, 5.41) is 6.64. The van der Waals surface area contributed by atoms with E-state index in [0.29, 0.717) is 28.4 Å². The molecule has 0 saturated carbocycles. The van der Waals surface area contributed by atoms with Gasteiger partial charge in [0.15, 0.2) is 6.61 Å². The lowest BCUT2D eigenvalue weighted by Crippen LogP contribution is -2.39. The van der Waals surface area contributed by atoms with Gasteiger partial charge in [0.25, 0.3) is 11.8 Å². The third-order valence-corrected chi connectivity index (χ3v) is 6.16. The molecule has 0 atom stereocenters. The molecule has 2 N–H and O–H groups in total. The molecule has 0 aliphatic heterocycles. The number of anilines is 2. The fourth-order valence-electron chi connectivity index (χ4n) is 3.14. The number of amides is 2. The zero-order chi connectivity index (χ0) is 26.8. The van der Waals surface area contributed by atoms with Crippen LogP contribution in [-0.2, 0) is 19.6 Å². The van der Waals surface area contributed by atoms with Gasteiger partial charge in [0.2, 0.25) is 10.0 Å². The summed E-state index contributed by atoms with van der Waals surface area (Å²) in [6, 6.07) is 20.6. The number of carbonyl (C=O) groups excluding carboxylic acids is 2. The minimum Gasteiger partial charge on any atom is -0.497 e. The van der Waals surface area contributed by atoms with Gasteiger partial charge >= 0.3 is 0 Å². The summed E-state index contributed by atoms with van der Waals surface area (Å²) in [6.45, 7) is 1.36. The van der Waals surface area contributed by atoms with Crippen LogP contribution in [0.25, 0.3) is 0 Å². The second-order valence-electron chi connectivity index (χ2n) is 8.04. The van der Waals surface area contributed by atoms with Crippen LogP contribution >= 0.6 is 0 Å². The normalized spacial score (nSPS) is 11.1. The molecule has 11 heteroatoms. The number of carbonyl (C=O) groups is 2. The molecule has 0 heterocycles. The van der Waals surface area contributed by atoms with E-state index in [4.69, 9.17) is 9.47 Å². The first-order valence-corrected chi connectivity index (χ1v) is 13.0. The number of nitrogens with zero attached hydrogens (tertiary/aromatic N) is 2. The van der Waals surface area contributed by atoms with Crippen molar-refractivity contribution in [1.82, 2.24) is 5.43 Å². The van der Waals surface area contributed by atoms with E-state index in [2.05, 4.69) is 15.8 Å². The van der Waals surface area contributed by atoms with Gasteiger partial charge in [-0.05, 0) is 61.0 Å². The van der Waals surface area contributed by atoms with Gasteiger partial charge in [0, 0.05) is 11.8 Å². The summed E-state index contributed by atoms with van der Waals surface area (Å²) in [7, 11) is -2.26. The number of hydrazone groups is 1. The van der Waals surface area contributed by atoms with Crippen molar-refractivity contribution in [2.45, 2.75) is 6.92 Å². The van der Waals surface area contributed by atoms with E-state index in [-0.39, 0.29) is 12.5 Å². The number of hydrogen-bond donors (Lipinski definition) is 2. The van der Waals surface area contributed by atoms with E-state index in [1.54, 1.807) is 42.5 Å². The van der Waals surface area contributed by atoms with Gasteiger partial charge in [-0.25, -0.2) is 13.8 Å². The summed E-state index contributed by atoms with van der Waals surface area (Å²) in [6.07, 6.45) is 2.42. The van der Waals surface area contributed by atoms with Crippen LogP contribution in [0.1, 0.15) is 11.1 Å². The maximum absolute atomic E-state index is 12.3. The first kappa shape index (κ1) is 27.2. The highest BCUT2D eigenvalue weighted by molar-refractivity contribution is 7.92. The highest BCUT2D eigenvalue weighted by atomic mass is 32.2. The molecule has 194 valence electrons. The van der Waals surface area contributed by atoms with E-state index in [0.717, 1.165) is 16.1 Å². The Hall–Kier alpha value is -4.38. The smallest absolute Gasteiger partial charge is 0.262 e. The molecule has 10 nitrogen and oxygen atoms in total. The standard InChI is InChI=1S/C26H28N4O6S/c1-19-7-11-21(12-8-19)28-26(32)18-36-23-13-9-20(10-14-23)16-27-29-25(31)17-30(37(3,33)34)22-5-4-6-24(15-22)35-2/h4-16H,17-18H2,1-3H3,(H,28,32)(H,29,31)/b27-16+. The molecule has 0 aliphatic rings. The van der Waals surface area contributed by atoms with Crippen molar-refractivity contribution in [2.24, 2.45) is 5.10 Å². The van der Waals surface area contributed by atoms with Crippen molar-refractivity contribution in [3.8, 4) is 11.5 Å². The number of rotatable bonds is 11. The molecule has 37 heavy (non-hydrogen) atoms. The summed E-state index contributed by atoms with van der Waals surface area (Å²) in [5.74, 6) is 0.0459. The van der Waals surface area contributed by atoms with Gasteiger partial charge in [-0.15, -0.1) is 0 Å². The molecule has 0 radical (unpaired) electrons. The van der Waals surface area contributed by atoms with E-state index in [1.165, 1.54) is 19.4 Å². The summed E-state index contributed by atoms with van der Waals surface area (Å²) in [4.78, 5) is 24.4. The Kier molecular flexibility index (Phi) is 9.22. The van der Waals surface area contributed by atoms with Crippen molar-refractivity contribution in [2.75, 3.05) is 36.1 Å². The van der Waals surface area contributed by atoms with Gasteiger partial charge in [-0.2, -0.15) is 5.10 Å². The lowest BCUT2D eigenvalue weighted by molar-refractivity contribution is -0.119. The van der Waals surface area contributed by atoms with Crippen LogP contribution in [0.15, 0.2) is 77.9 Å². The largest absolute Gasteiger partial charge is 0.497 e. The van der Waals surface area contributed by atoms with E-state index < -0.39 is 22.5 Å². The fraction of sp³-hybridized carbons (Fsp3) is 0.192. The van der Waals surface area contributed by atoms with E-state index >= 15 is 0 Å². The van der Waals surface area contributed by atoms with Crippen LogP contribution in [0.2, 0.25) is 0 Å². The zero-order valence-corrected chi connectivity index (χ0v) is 21.5. The quantitative estimate of drug-likeness (QED) is 0.293. The minimum atomic E-state index is -3.73. The molecule has 0 unspecified atom stereocenters. The Morgan fingerprint density at radius 2 is 1.68 bits per heavy atom. The summed E-state index contributed by atoms with van der Waals surface area (Å²) in [5.41, 5.74) is 5.06. The molecule has 0 aliphatic carbocycles. The number of sulfonamides is 1. The van der Waals surface area contributed by atoms with Gasteiger partial charge in [0.05, 0.1) is 25.3 Å². The Labute approximate surface area is 216 Å². The second-order valence-corrected chi connectivity index (χ2v) is 9.94. The van der Waals surface area contributed by atoms with Crippen molar-refractivity contribution in [3.05, 3.63) is 83.9 Å².